The van der Waals surface area contributed by atoms with Crippen molar-refractivity contribution in [3.05, 3.63) is 35.9 Å². The summed E-state index contributed by atoms with van der Waals surface area (Å²) < 4.78 is 0. The maximum Gasteiger partial charge on any atom is -0.00428 e. The summed E-state index contributed by atoms with van der Waals surface area (Å²) in [6, 6.07) is 10.4. The molecule has 0 N–H and O–H groups in total. The van der Waals surface area contributed by atoms with Gasteiger partial charge in [0.25, 0.3) is 0 Å². The minimum atomic E-state index is 0.575. The first-order valence-electron chi connectivity index (χ1n) is 3.11. The highest BCUT2D eigenvalue weighted by Crippen LogP contribution is 2.20. The summed E-state index contributed by atoms with van der Waals surface area (Å²) in [6.45, 7) is 2.17. The molecule has 0 amide bonds. The molecule has 0 aliphatic carbocycles. The van der Waals surface area contributed by atoms with Gasteiger partial charge in [0, 0.05) is 0 Å². The molecule has 0 spiro atoms. The van der Waals surface area contributed by atoms with E-state index in [9.17, 15) is 0 Å². The highest BCUT2D eigenvalue weighted by atomic mass is 31.0. The smallest absolute Gasteiger partial charge is 0.00428 e. The van der Waals surface area contributed by atoms with Crippen molar-refractivity contribution < 1.29 is 0 Å². The fourth-order valence-corrected chi connectivity index (χ4v) is 0.979. The lowest BCUT2D eigenvalue weighted by molar-refractivity contribution is 1.10. The number of hydrogen-bond donors (Lipinski definition) is 0. The van der Waals surface area contributed by atoms with E-state index in [1.165, 1.54) is 5.56 Å². The predicted octanol–water partition coefficient (Wildman–Crippen LogP) is 2.62. The normalized spacial score (nSPS) is 13.1. The highest BCUT2D eigenvalue weighted by Gasteiger charge is 1.93. The molecule has 48 valence electrons. The molecular weight excluding hydrogens is 127 g/mol. The average molecular weight is 138 g/mol. The van der Waals surface area contributed by atoms with Gasteiger partial charge in [-0.15, -0.1) is 9.24 Å². The fraction of sp³-hybridized carbons (Fsp3) is 0.250. The second-order valence-corrected chi connectivity index (χ2v) is 3.20. The second kappa shape index (κ2) is 2.98. The molecule has 0 heterocycles. The van der Waals surface area contributed by atoms with Gasteiger partial charge in [0.2, 0.25) is 0 Å². The summed E-state index contributed by atoms with van der Waals surface area (Å²) in [5.41, 5.74) is 1.95. The summed E-state index contributed by atoms with van der Waals surface area (Å²) in [5, 5.41) is 0. The quantitative estimate of drug-likeness (QED) is 0.523. The van der Waals surface area contributed by atoms with Gasteiger partial charge >= 0.3 is 0 Å². The largest absolute Gasteiger partial charge is 0.130 e. The van der Waals surface area contributed by atoms with Gasteiger partial charge in [0.1, 0.15) is 0 Å². The molecule has 0 fully saturated rings. The SMILES string of the molecule is C[C@H](P)c1ccccc1. The van der Waals surface area contributed by atoms with Crippen LogP contribution in [-0.2, 0) is 0 Å². The monoisotopic (exact) mass is 138 g/mol. The van der Waals surface area contributed by atoms with Crippen LogP contribution in [0.1, 0.15) is 18.1 Å². The molecule has 0 saturated heterocycles. The van der Waals surface area contributed by atoms with Crippen LogP contribution in [0.5, 0.6) is 0 Å². The van der Waals surface area contributed by atoms with E-state index in [2.05, 4.69) is 40.4 Å². The Morgan fingerprint density at radius 3 is 2.11 bits per heavy atom. The van der Waals surface area contributed by atoms with Crippen molar-refractivity contribution in [1.29, 1.82) is 0 Å². The van der Waals surface area contributed by atoms with Crippen molar-refractivity contribution >= 4 is 9.24 Å². The zero-order chi connectivity index (χ0) is 6.69. The van der Waals surface area contributed by atoms with Gasteiger partial charge in [-0.3, -0.25) is 0 Å². The Labute approximate surface area is 58.5 Å². The first-order valence-corrected chi connectivity index (χ1v) is 3.78. The third-order valence-electron chi connectivity index (χ3n) is 1.33. The fourth-order valence-electron chi connectivity index (χ4n) is 0.757. The average Bonchev–Trinajstić information content (AvgIpc) is 1.90. The first-order chi connectivity index (χ1) is 4.30. The molecule has 0 saturated carbocycles. The molecule has 0 aliphatic rings. The van der Waals surface area contributed by atoms with Crippen LogP contribution >= 0.6 is 9.24 Å². The number of benzene rings is 1. The summed E-state index contributed by atoms with van der Waals surface area (Å²) in [4.78, 5) is 0. The van der Waals surface area contributed by atoms with Crippen molar-refractivity contribution in [3.63, 3.8) is 0 Å². The Morgan fingerprint density at radius 2 is 1.78 bits per heavy atom. The molecule has 9 heavy (non-hydrogen) atoms. The van der Waals surface area contributed by atoms with Gasteiger partial charge in [-0.2, -0.15) is 0 Å². The number of hydrogen-bond acceptors (Lipinski definition) is 0. The van der Waals surface area contributed by atoms with Crippen LogP contribution < -0.4 is 0 Å². The molecule has 1 aromatic rings. The molecule has 0 aliphatic heterocycles. The minimum absolute atomic E-state index is 0.575. The summed E-state index contributed by atoms with van der Waals surface area (Å²) in [7, 11) is 2.77. The maximum atomic E-state index is 2.77. The summed E-state index contributed by atoms with van der Waals surface area (Å²) in [5.74, 6) is 0. The lowest BCUT2D eigenvalue weighted by atomic mass is 10.2. The van der Waals surface area contributed by atoms with E-state index in [0.717, 1.165) is 0 Å². The van der Waals surface area contributed by atoms with Crippen LogP contribution in [-0.4, -0.2) is 0 Å². The van der Waals surface area contributed by atoms with Gasteiger partial charge in [-0.05, 0) is 11.2 Å². The van der Waals surface area contributed by atoms with E-state index < -0.39 is 0 Å². The lowest BCUT2D eigenvalue weighted by Gasteiger charge is -2.01. The third kappa shape index (κ3) is 1.80. The Hall–Kier alpha value is -0.350. The lowest BCUT2D eigenvalue weighted by Crippen LogP contribution is -1.79. The van der Waals surface area contributed by atoms with Crippen molar-refractivity contribution in [2.45, 2.75) is 12.6 Å². The van der Waals surface area contributed by atoms with E-state index in [1.54, 1.807) is 0 Å². The van der Waals surface area contributed by atoms with E-state index >= 15 is 0 Å². The zero-order valence-electron chi connectivity index (χ0n) is 5.54. The third-order valence-corrected chi connectivity index (χ3v) is 1.71. The Morgan fingerprint density at radius 1 is 1.22 bits per heavy atom. The molecule has 1 rings (SSSR count). The molecule has 0 nitrogen and oxygen atoms in total. The highest BCUT2D eigenvalue weighted by molar-refractivity contribution is 7.17. The van der Waals surface area contributed by atoms with Crippen molar-refractivity contribution in [2.75, 3.05) is 0 Å². The first kappa shape index (κ1) is 6.77. The van der Waals surface area contributed by atoms with Crippen LogP contribution in [0, 0.1) is 0 Å². The summed E-state index contributed by atoms with van der Waals surface area (Å²) in [6.07, 6.45) is 0. The van der Waals surface area contributed by atoms with Crippen molar-refractivity contribution in [3.8, 4) is 0 Å². The van der Waals surface area contributed by atoms with Gasteiger partial charge in [-0.25, -0.2) is 0 Å². The molecule has 1 heteroatoms. The van der Waals surface area contributed by atoms with Crippen LogP contribution in [0.2, 0.25) is 0 Å². The van der Waals surface area contributed by atoms with Crippen LogP contribution in [0.15, 0.2) is 30.3 Å². The molecule has 0 bridgehead atoms. The van der Waals surface area contributed by atoms with Gasteiger partial charge in [-0.1, -0.05) is 37.3 Å². The van der Waals surface area contributed by atoms with Crippen LogP contribution in [0.4, 0.5) is 0 Å². The summed E-state index contributed by atoms with van der Waals surface area (Å²) >= 11 is 0. The maximum absolute atomic E-state index is 2.77. The van der Waals surface area contributed by atoms with Gasteiger partial charge in [0.15, 0.2) is 0 Å². The van der Waals surface area contributed by atoms with E-state index in [1.807, 2.05) is 6.07 Å². The Kier molecular flexibility index (Phi) is 2.24. The minimum Gasteiger partial charge on any atom is -0.130 e. The van der Waals surface area contributed by atoms with Crippen LogP contribution in [0.25, 0.3) is 0 Å². The topological polar surface area (TPSA) is 0 Å². The van der Waals surface area contributed by atoms with E-state index in [4.69, 9.17) is 0 Å². The van der Waals surface area contributed by atoms with Crippen LogP contribution in [0.3, 0.4) is 0 Å². The number of rotatable bonds is 1. The van der Waals surface area contributed by atoms with Crippen molar-refractivity contribution in [1.82, 2.24) is 0 Å². The molecule has 2 atom stereocenters. The molecule has 0 radical (unpaired) electrons. The predicted molar refractivity (Wildman–Crippen MR) is 44.6 cm³/mol. The van der Waals surface area contributed by atoms with Gasteiger partial charge in [0.05, 0.1) is 0 Å². The molecule has 0 aromatic heterocycles. The van der Waals surface area contributed by atoms with E-state index in [-0.39, 0.29) is 0 Å². The zero-order valence-corrected chi connectivity index (χ0v) is 6.70. The van der Waals surface area contributed by atoms with Gasteiger partial charge < -0.3 is 0 Å². The Bertz CT molecular complexity index is 167. The molecular formula is C8H11P. The standard InChI is InChI=1S/C8H11P/c1-7(9)8-5-3-2-4-6-8/h2-7H,9H2,1H3/t7-/m0/s1. The van der Waals surface area contributed by atoms with Crippen molar-refractivity contribution in [2.24, 2.45) is 0 Å². The van der Waals surface area contributed by atoms with E-state index in [0.29, 0.717) is 5.66 Å². The Balaban J connectivity index is 2.85. The molecule has 1 unspecified atom stereocenters. The second-order valence-electron chi connectivity index (χ2n) is 2.20. The molecule has 1 aromatic carbocycles.